The molecule has 5 aromatic carbocycles. The molecule has 0 saturated heterocycles. The molecule has 0 aliphatic heterocycles. The average Bonchev–Trinajstić information content (AvgIpc) is 3.37. The van der Waals surface area contributed by atoms with Crippen LogP contribution in [0.15, 0.2) is 100 Å². The van der Waals surface area contributed by atoms with Crippen LogP contribution < -0.4 is 0 Å². The summed E-state index contributed by atoms with van der Waals surface area (Å²) in [6.45, 7) is 0. The van der Waals surface area contributed by atoms with Gasteiger partial charge in [-0.05, 0) is 65.4 Å². The molecule has 7 nitrogen and oxygen atoms in total. The number of halogens is 2. The third-order valence-electron chi connectivity index (χ3n) is 6.55. The minimum Gasteiger partial charge on any atom is -0.502 e. The van der Waals surface area contributed by atoms with Crippen molar-refractivity contribution in [2.75, 3.05) is 0 Å². The highest BCUT2D eigenvalue weighted by Crippen LogP contribution is 2.35. The largest absolute Gasteiger partial charge is 0.502 e. The number of phenols is 1. The van der Waals surface area contributed by atoms with E-state index in [1.807, 2.05) is 54.6 Å². The molecule has 0 amide bonds. The van der Waals surface area contributed by atoms with E-state index in [1.54, 1.807) is 30.3 Å². The van der Waals surface area contributed by atoms with Crippen LogP contribution in [-0.2, 0) is 6.42 Å². The predicted octanol–water partition coefficient (Wildman–Crippen LogP) is 8.91. The maximum atomic E-state index is 11.6. The van der Waals surface area contributed by atoms with Gasteiger partial charge in [-0.1, -0.05) is 65.7 Å². The maximum absolute atomic E-state index is 11.6. The van der Waals surface area contributed by atoms with Crippen LogP contribution in [-0.4, -0.2) is 21.2 Å². The van der Waals surface area contributed by atoms with Gasteiger partial charge in [0.2, 0.25) is 11.6 Å². The van der Waals surface area contributed by atoms with Gasteiger partial charge >= 0.3 is 5.69 Å². The fourth-order valence-electron chi connectivity index (χ4n) is 4.62. The smallest absolute Gasteiger partial charge is 0.311 e. The zero-order valence-corrected chi connectivity index (χ0v) is 22.2. The van der Waals surface area contributed by atoms with E-state index in [-0.39, 0.29) is 5.56 Å². The lowest BCUT2D eigenvalue weighted by molar-refractivity contribution is -0.385. The van der Waals surface area contributed by atoms with Crippen LogP contribution in [0.1, 0.15) is 16.7 Å². The number of phenolic OH excluding ortho intramolecular Hbond substituents is 1. The van der Waals surface area contributed by atoms with E-state index in [4.69, 9.17) is 27.6 Å². The Hall–Kier alpha value is -4.72. The molecule has 6 rings (SSSR count). The summed E-state index contributed by atoms with van der Waals surface area (Å²) in [6.07, 6.45) is 1.75. The van der Waals surface area contributed by atoms with Crippen LogP contribution >= 0.6 is 23.2 Å². The van der Waals surface area contributed by atoms with Gasteiger partial charge in [0.15, 0.2) is 5.58 Å². The van der Waals surface area contributed by atoms with Crippen molar-refractivity contribution in [3.63, 3.8) is 0 Å². The Balaban J connectivity index is 1.35. The first kappa shape index (κ1) is 25.6. The summed E-state index contributed by atoms with van der Waals surface area (Å²) >= 11 is 12.7. The van der Waals surface area contributed by atoms with Crippen molar-refractivity contribution in [2.24, 2.45) is 4.99 Å². The van der Waals surface area contributed by atoms with E-state index >= 15 is 0 Å². The topological polar surface area (TPSA) is 102 Å². The fraction of sp³-hybridized carbons (Fsp3) is 0.0323. The monoisotopic (exact) mass is 567 g/mol. The number of oxazole rings is 1. The van der Waals surface area contributed by atoms with Gasteiger partial charge in [0.25, 0.3) is 0 Å². The number of aliphatic imine (C=N–C) groups is 1. The van der Waals surface area contributed by atoms with Gasteiger partial charge in [-0.3, -0.25) is 15.1 Å². The van der Waals surface area contributed by atoms with Gasteiger partial charge < -0.3 is 9.52 Å². The van der Waals surface area contributed by atoms with Crippen LogP contribution in [0.4, 0.5) is 11.4 Å². The summed E-state index contributed by atoms with van der Waals surface area (Å²) in [5.74, 6) is -0.0133. The fourth-order valence-corrected chi connectivity index (χ4v) is 5.06. The van der Waals surface area contributed by atoms with Crippen molar-refractivity contribution in [3.05, 3.63) is 128 Å². The third kappa shape index (κ3) is 4.88. The lowest BCUT2D eigenvalue weighted by Crippen LogP contribution is -1.97. The number of fused-ring (bicyclic) bond motifs is 2. The summed E-state index contributed by atoms with van der Waals surface area (Å²) in [5.41, 5.74) is 3.75. The molecule has 6 aromatic rings. The molecular weight excluding hydrogens is 549 g/mol. The second kappa shape index (κ2) is 10.4. The molecule has 1 N–H and O–H groups in total. The summed E-state index contributed by atoms with van der Waals surface area (Å²) in [6, 6.07) is 27.0. The van der Waals surface area contributed by atoms with Crippen molar-refractivity contribution < 1.29 is 14.4 Å². The molecule has 196 valence electrons. The van der Waals surface area contributed by atoms with Crippen molar-refractivity contribution in [1.29, 1.82) is 0 Å². The van der Waals surface area contributed by atoms with E-state index in [0.717, 1.165) is 21.9 Å². The molecule has 0 radical (unpaired) electrons. The lowest BCUT2D eigenvalue weighted by atomic mass is 10.0. The highest BCUT2D eigenvalue weighted by molar-refractivity contribution is 6.35. The molecule has 1 aromatic heterocycles. The number of hydrogen-bond acceptors (Lipinski definition) is 6. The Kier molecular flexibility index (Phi) is 6.67. The van der Waals surface area contributed by atoms with Crippen molar-refractivity contribution in [2.45, 2.75) is 6.42 Å². The molecule has 0 saturated carbocycles. The summed E-state index contributed by atoms with van der Waals surface area (Å²) < 4.78 is 6.03. The molecule has 0 bridgehead atoms. The van der Waals surface area contributed by atoms with Gasteiger partial charge in [0.1, 0.15) is 5.52 Å². The standard InChI is InChI=1S/C31H19Cl2N3O4/c32-25-9-2-1-5-19(25)13-18-14-20(30(37)28(15-18)36(38)39)17-34-21-11-12-29-27(16-21)35-31(40-29)24-8-3-7-23-22(24)6-4-10-26(23)33/h1-12,14-17,37H,13H2. The summed E-state index contributed by atoms with van der Waals surface area (Å²) in [5, 5.41) is 25.3. The Bertz CT molecular complexity index is 1970. The number of nitro groups is 1. The molecule has 0 spiro atoms. The number of aromatic hydroxyl groups is 1. The zero-order valence-electron chi connectivity index (χ0n) is 20.7. The number of rotatable bonds is 6. The number of nitrogens with zero attached hydrogens (tertiary/aromatic N) is 3. The van der Waals surface area contributed by atoms with Crippen LogP contribution in [0.25, 0.3) is 33.3 Å². The Morgan fingerprint density at radius 3 is 2.52 bits per heavy atom. The van der Waals surface area contributed by atoms with Gasteiger partial charge in [-0.25, -0.2) is 4.98 Å². The van der Waals surface area contributed by atoms with E-state index in [2.05, 4.69) is 9.98 Å². The molecular formula is C31H19Cl2N3O4. The van der Waals surface area contributed by atoms with Crippen molar-refractivity contribution >= 4 is 62.7 Å². The van der Waals surface area contributed by atoms with E-state index in [0.29, 0.717) is 44.7 Å². The second-order valence-corrected chi connectivity index (χ2v) is 9.96. The number of aromatic nitrogens is 1. The molecule has 0 atom stereocenters. The molecule has 0 aliphatic rings. The first-order valence-electron chi connectivity index (χ1n) is 12.2. The molecule has 0 unspecified atom stereocenters. The van der Waals surface area contributed by atoms with Gasteiger partial charge in [0.05, 0.1) is 10.6 Å². The molecule has 0 fully saturated rings. The zero-order chi connectivity index (χ0) is 27.8. The molecule has 1 heterocycles. The Morgan fingerprint density at radius 1 is 0.925 bits per heavy atom. The Labute approximate surface area is 238 Å². The van der Waals surface area contributed by atoms with Crippen LogP contribution in [0.5, 0.6) is 5.75 Å². The first-order valence-corrected chi connectivity index (χ1v) is 13.0. The quantitative estimate of drug-likeness (QED) is 0.123. The number of benzene rings is 5. The molecule has 0 aliphatic carbocycles. The van der Waals surface area contributed by atoms with Gasteiger partial charge in [-0.2, -0.15) is 0 Å². The van der Waals surface area contributed by atoms with Crippen molar-refractivity contribution in [3.8, 4) is 17.2 Å². The highest BCUT2D eigenvalue weighted by Gasteiger charge is 2.19. The average molecular weight is 568 g/mol. The summed E-state index contributed by atoms with van der Waals surface area (Å²) in [7, 11) is 0. The molecule has 9 heteroatoms. The summed E-state index contributed by atoms with van der Waals surface area (Å²) in [4.78, 5) is 20.1. The van der Waals surface area contributed by atoms with Crippen LogP contribution in [0, 0.1) is 10.1 Å². The first-order chi connectivity index (χ1) is 19.4. The minimum absolute atomic E-state index is 0.213. The van der Waals surface area contributed by atoms with Gasteiger partial charge in [0, 0.05) is 38.8 Å². The van der Waals surface area contributed by atoms with E-state index in [9.17, 15) is 15.2 Å². The van der Waals surface area contributed by atoms with Crippen LogP contribution in [0.2, 0.25) is 10.0 Å². The van der Waals surface area contributed by atoms with Gasteiger partial charge in [-0.15, -0.1) is 0 Å². The minimum atomic E-state index is -0.619. The second-order valence-electron chi connectivity index (χ2n) is 9.15. The van der Waals surface area contributed by atoms with Crippen LogP contribution in [0.3, 0.4) is 0 Å². The number of hydrogen-bond donors (Lipinski definition) is 1. The lowest BCUT2D eigenvalue weighted by Gasteiger charge is -2.07. The van der Waals surface area contributed by atoms with E-state index in [1.165, 1.54) is 12.3 Å². The van der Waals surface area contributed by atoms with Crippen molar-refractivity contribution in [1.82, 2.24) is 4.98 Å². The highest BCUT2D eigenvalue weighted by atomic mass is 35.5. The number of nitro benzene ring substituents is 1. The normalized spacial score (nSPS) is 11.6. The molecule has 40 heavy (non-hydrogen) atoms. The predicted molar refractivity (Wildman–Crippen MR) is 158 cm³/mol. The van der Waals surface area contributed by atoms with E-state index < -0.39 is 16.4 Å². The maximum Gasteiger partial charge on any atom is 0.311 e. The SMILES string of the molecule is O=[N+]([O-])c1cc(Cc2ccccc2Cl)cc(C=Nc2ccc3oc(-c4cccc5c(Cl)cccc45)nc3c2)c1O. The Morgan fingerprint density at radius 2 is 1.70 bits per heavy atom. The third-order valence-corrected chi connectivity index (χ3v) is 7.25.